The molecule has 21 heavy (non-hydrogen) atoms. The first-order valence-electron chi connectivity index (χ1n) is 7.74. The van der Waals surface area contributed by atoms with Gasteiger partial charge in [-0.1, -0.05) is 13.3 Å². The van der Waals surface area contributed by atoms with E-state index >= 15 is 0 Å². The molecule has 1 fully saturated rings. The first kappa shape index (κ1) is 18.1. The summed E-state index contributed by atoms with van der Waals surface area (Å²) in [6.45, 7) is 4.27. The highest BCUT2D eigenvalue weighted by atomic mass is 32.2. The van der Waals surface area contributed by atoms with Gasteiger partial charge in [0, 0.05) is 32.9 Å². The number of carbonyl (C=O) groups is 1. The molecule has 1 aliphatic carbocycles. The summed E-state index contributed by atoms with van der Waals surface area (Å²) in [4.78, 5) is 17.6. The second-order valence-corrected chi connectivity index (χ2v) is 6.92. The monoisotopic (exact) mass is 314 g/mol. The van der Waals surface area contributed by atoms with Crippen LogP contribution in [-0.4, -0.2) is 62.5 Å². The molecule has 6 heteroatoms. The van der Waals surface area contributed by atoms with E-state index in [1.54, 1.807) is 30.8 Å². The molecule has 0 aliphatic heterocycles. The Morgan fingerprint density at radius 1 is 1.33 bits per heavy atom. The van der Waals surface area contributed by atoms with Crippen LogP contribution in [0.4, 0.5) is 0 Å². The van der Waals surface area contributed by atoms with Crippen molar-refractivity contribution in [2.24, 2.45) is 10.4 Å². The maximum Gasteiger partial charge on any atom is 0.243 e. The van der Waals surface area contributed by atoms with Crippen molar-refractivity contribution in [3.8, 4) is 0 Å². The number of rotatable bonds is 8. The first-order valence-corrected chi connectivity index (χ1v) is 9.13. The number of likely N-dealkylation sites (N-methyl/N-ethyl adjacent to an activating group) is 1. The van der Waals surface area contributed by atoms with Crippen molar-refractivity contribution in [1.82, 2.24) is 15.5 Å². The average Bonchev–Trinajstić information content (AvgIpc) is 2.42. The van der Waals surface area contributed by atoms with Gasteiger partial charge in [-0.15, -0.1) is 0 Å². The molecule has 1 amide bonds. The lowest BCUT2D eigenvalue weighted by Crippen LogP contribution is -2.47. The maximum atomic E-state index is 11.7. The summed E-state index contributed by atoms with van der Waals surface area (Å²) in [6, 6.07) is 0. The Kier molecular flexibility index (Phi) is 7.93. The number of guanidine groups is 1. The molecule has 1 saturated carbocycles. The number of nitrogens with one attached hydrogen (secondary N) is 2. The van der Waals surface area contributed by atoms with Gasteiger partial charge in [0.25, 0.3) is 0 Å². The van der Waals surface area contributed by atoms with E-state index in [1.807, 2.05) is 0 Å². The molecule has 0 spiro atoms. The molecule has 0 aromatic carbocycles. The number of hydrogen-bond donors (Lipinski definition) is 2. The summed E-state index contributed by atoms with van der Waals surface area (Å²) in [5, 5.41) is 6.73. The molecule has 0 radical (unpaired) electrons. The minimum Gasteiger partial charge on any atom is -0.356 e. The average molecular weight is 314 g/mol. The van der Waals surface area contributed by atoms with Crippen LogP contribution in [0.3, 0.4) is 0 Å². The molecular weight excluding hydrogens is 284 g/mol. The van der Waals surface area contributed by atoms with Gasteiger partial charge in [-0.05, 0) is 30.9 Å². The van der Waals surface area contributed by atoms with Crippen molar-refractivity contribution in [1.29, 1.82) is 0 Å². The fourth-order valence-corrected chi connectivity index (χ4v) is 2.64. The van der Waals surface area contributed by atoms with Gasteiger partial charge >= 0.3 is 0 Å². The van der Waals surface area contributed by atoms with Gasteiger partial charge in [0.2, 0.25) is 5.91 Å². The van der Waals surface area contributed by atoms with Crippen LogP contribution >= 0.6 is 11.8 Å². The number of aliphatic imine (C=N–C) groups is 1. The molecular formula is C15H30N4OS. The second-order valence-electron chi connectivity index (χ2n) is 5.93. The first-order chi connectivity index (χ1) is 10.0. The Morgan fingerprint density at radius 3 is 2.52 bits per heavy atom. The molecule has 0 atom stereocenters. The normalized spacial score (nSPS) is 17.0. The lowest BCUT2D eigenvalue weighted by atomic mass is 9.67. The lowest BCUT2D eigenvalue weighted by Gasteiger charge is -2.41. The van der Waals surface area contributed by atoms with Gasteiger partial charge in [-0.2, -0.15) is 11.8 Å². The Balaban J connectivity index is 2.50. The van der Waals surface area contributed by atoms with Crippen molar-refractivity contribution in [2.75, 3.05) is 45.7 Å². The lowest BCUT2D eigenvalue weighted by molar-refractivity contribution is -0.127. The standard InChI is InChI=1S/C15H30N4OS/c1-5-15(7-6-8-15)12-18-14(16-9-10-21-4)17-11-13(20)19(2)3/h5-12H2,1-4H3,(H2,16,17,18). The van der Waals surface area contributed by atoms with Gasteiger partial charge in [0.05, 0.1) is 0 Å². The van der Waals surface area contributed by atoms with Crippen molar-refractivity contribution in [3.05, 3.63) is 0 Å². The Bertz CT molecular complexity index is 348. The maximum absolute atomic E-state index is 11.7. The summed E-state index contributed by atoms with van der Waals surface area (Å²) in [6.07, 6.45) is 7.22. The van der Waals surface area contributed by atoms with E-state index in [9.17, 15) is 4.79 Å². The molecule has 0 heterocycles. The van der Waals surface area contributed by atoms with E-state index in [2.05, 4.69) is 28.8 Å². The van der Waals surface area contributed by atoms with Gasteiger partial charge in [-0.25, -0.2) is 4.99 Å². The number of nitrogens with zero attached hydrogens (tertiary/aromatic N) is 2. The van der Waals surface area contributed by atoms with E-state index in [0.717, 1.165) is 24.8 Å². The van der Waals surface area contributed by atoms with Crippen LogP contribution in [0.25, 0.3) is 0 Å². The van der Waals surface area contributed by atoms with Crippen LogP contribution in [0.15, 0.2) is 4.99 Å². The Morgan fingerprint density at radius 2 is 2.05 bits per heavy atom. The largest absolute Gasteiger partial charge is 0.356 e. The van der Waals surface area contributed by atoms with E-state index in [4.69, 9.17) is 0 Å². The fourth-order valence-electron chi connectivity index (χ4n) is 2.34. The van der Waals surface area contributed by atoms with E-state index in [1.165, 1.54) is 25.7 Å². The van der Waals surface area contributed by atoms with Crippen molar-refractivity contribution in [2.45, 2.75) is 32.6 Å². The predicted octanol–water partition coefficient (Wildman–Crippen LogP) is 1.55. The third-order valence-electron chi connectivity index (χ3n) is 4.26. The molecule has 0 bridgehead atoms. The number of thioether (sulfide) groups is 1. The van der Waals surface area contributed by atoms with Crippen LogP contribution in [0.5, 0.6) is 0 Å². The smallest absolute Gasteiger partial charge is 0.243 e. The van der Waals surface area contributed by atoms with Crippen molar-refractivity contribution in [3.63, 3.8) is 0 Å². The topological polar surface area (TPSA) is 56.7 Å². The zero-order valence-corrected chi connectivity index (χ0v) is 14.7. The number of hydrogen-bond acceptors (Lipinski definition) is 3. The molecule has 1 rings (SSSR count). The predicted molar refractivity (Wildman–Crippen MR) is 92.0 cm³/mol. The summed E-state index contributed by atoms with van der Waals surface area (Å²) < 4.78 is 0. The molecule has 122 valence electrons. The molecule has 0 aromatic heterocycles. The molecule has 5 nitrogen and oxygen atoms in total. The summed E-state index contributed by atoms with van der Waals surface area (Å²) >= 11 is 1.80. The summed E-state index contributed by atoms with van der Waals surface area (Å²) in [5.41, 5.74) is 0.438. The minimum absolute atomic E-state index is 0.0230. The zero-order valence-electron chi connectivity index (χ0n) is 13.9. The fraction of sp³-hybridized carbons (Fsp3) is 0.867. The van der Waals surface area contributed by atoms with Crippen LogP contribution in [0.1, 0.15) is 32.6 Å². The Labute approximate surface area is 133 Å². The molecule has 0 saturated heterocycles. The molecule has 2 N–H and O–H groups in total. The minimum atomic E-state index is 0.0230. The van der Waals surface area contributed by atoms with Gasteiger partial charge < -0.3 is 15.5 Å². The SMILES string of the molecule is CCC1(CNC(=NCC(=O)N(C)C)NCCSC)CCC1. The van der Waals surface area contributed by atoms with Gasteiger partial charge in [0.15, 0.2) is 5.96 Å². The molecule has 1 aliphatic rings. The van der Waals surface area contributed by atoms with Gasteiger partial charge in [0.1, 0.15) is 6.54 Å². The van der Waals surface area contributed by atoms with Crippen LogP contribution in [-0.2, 0) is 4.79 Å². The summed E-state index contributed by atoms with van der Waals surface area (Å²) in [7, 11) is 3.51. The van der Waals surface area contributed by atoms with E-state index in [0.29, 0.717) is 5.41 Å². The molecule has 0 aromatic rings. The number of amides is 1. The number of carbonyl (C=O) groups excluding carboxylic acids is 1. The van der Waals surface area contributed by atoms with Crippen molar-refractivity contribution < 1.29 is 4.79 Å². The van der Waals surface area contributed by atoms with Crippen LogP contribution in [0.2, 0.25) is 0 Å². The quantitative estimate of drug-likeness (QED) is 0.405. The second kappa shape index (κ2) is 9.18. The highest BCUT2D eigenvalue weighted by Gasteiger charge is 2.34. The highest BCUT2D eigenvalue weighted by molar-refractivity contribution is 7.98. The van der Waals surface area contributed by atoms with E-state index < -0.39 is 0 Å². The zero-order chi connectivity index (χ0) is 15.7. The van der Waals surface area contributed by atoms with Gasteiger partial charge in [-0.3, -0.25) is 4.79 Å². The third-order valence-corrected chi connectivity index (χ3v) is 4.88. The van der Waals surface area contributed by atoms with Crippen LogP contribution in [0, 0.1) is 5.41 Å². The Hall–Kier alpha value is -0.910. The summed E-state index contributed by atoms with van der Waals surface area (Å²) in [5.74, 6) is 1.81. The molecule has 0 unspecified atom stereocenters. The highest BCUT2D eigenvalue weighted by Crippen LogP contribution is 2.42. The third kappa shape index (κ3) is 6.16. The van der Waals surface area contributed by atoms with E-state index in [-0.39, 0.29) is 12.5 Å². The van der Waals surface area contributed by atoms with Crippen LogP contribution < -0.4 is 10.6 Å². The van der Waals surface area contributed by atoms with Crippen molar-refractivity contribution >= 4 is 23.6 Å².